The van der Waals surface area contributed by atoms with Crippen molar-refractivity contribution in [3.8, 4) is 5.75 Å². The van der Waals surface area contributed by atoms with E-state index >= 15 is 0 Å². The summed E-state index contributed by atoms with van der Waals surface area (Å²) in [7, 11) is -1.25. The third kappa shape index (κ3) is 10.2. The molecule has 1 aliphatic rings. The van der Waals surface area contributed by atoms with E-state index in [1.54, 1.807) is 9.07 Å². The normalized spacial score (nSPS) is 13.1. The first-order chi connectivity index (χ1) is 12.9. The van der Waals surface area contributed by atoms with Crippen LogP contribution in [0.3, 0.4) is 0 Å². The molecule has 0 radical (unpaired) electrons. The summed E-state index contributed by atoms with van der Waals surface area (Å²) < 4.78 is 8.08. The van der Waals surface area contributed by atoms with Crippen molar-refractivity contribution in [2.75, 3.05) is 0 Å². The van der Waals surface area contributed by atoms with Gasteiger partial charge >= 0.3 is 179 Å². The first kappa shape index (κ1) is 29.0. The van der Waals surface area contributed by atoms with Gasteiger partial charge in [0, 0.05) is 0 Å². The van der Waals surface area contributed by atoms with Gasteiger partial charge in [-0.05, 0) is 0 Å². The molecule has 0 fully saturated rings. The molecule has 0 heterocycles. The molecule has 0 bridgehead atoms. The van der Waals surface area contributed by atoms with Gasteiger partial charge < -0.3 is 0 Å². The Morgan fingerprint density at radius 2 is 1.41 bits per heavy atom. The molecule has 0 amide bonds. The number of halogens is 2. The number of benzene rings is 1. The van der Waals surface area contributed by atoms with Gasteiger partial charge in [0.05, 0.1) is 0 Å². The predicted octanol–water partition coefficient (Wildman–Crippen LogP) is 8.46. The van der Waals surface area contributed by atoms with E-state index in [0.29, 0.717) is 0 Å². The topological polar surface area (TPSA) is 9.23 Å². The maximum absolute atomic E-state index is 6.46. The quantitative estimate of drug-likeness (QED) is 0.211. The fraction of sp³-hybridized carbons (Fsp3) is 0.583. The zero-order valence-electron chi connectivity index (χ0n) is 19.0. The third-order valence-electron chi connectivity index (χ3n) is 5.20. The van der Waals surface area contributed by atoms with E-state index in [4.69, 9.17) is 3.32 Å². The van der Waals surface area contributed by atoms with Gasteiger partial charge in [0.2, 0.25) is 0 Å². The van der Waals surface area contributed by atoms with Crippen LogP contribution in [0.2, 0.25) is 19.6 Å². The standard InChI is InChI=1S/C16H26O.C8H13Si.2ClH.Ti/c1-3-5-7-9-14-11-15(10-8-6-4-2)13-16(17)12-14;1-9(2,3)8-6-4-5-7-8;;;/h11-13,17H,3-10H2,1-2H3;4,6H,5H2,1-3H3;2*1H;/q;;;;+1/p-1. The molecule has 2 rings (SSSR count). The SMILES string of the molecule is CCCCCc1cc(CCCCC)cc([O][Ti][C]2=C([Si](C)(C)C)C=CC2)c1.Cl.Cl. The van der Waals surface area contributed by atoms with Crippen LogP contribution in [0.15, 0.2) is 39.4 Å². The van der Waals surface area contributed by atoms with Gasteiger partial charge in [-0.2, -0.15) is 0 Å². The van der Waals surface area contributed by atoms with E-state index in [1.807, 2.05) is 0 Å². The average Bonchev–Trinajstić information content (AvgIpc) is 3.09. The fourth-order valence-electron chi connectivity index (χ4n) is 3.66. The predicted molar refractivity (Wildman–Crippen MR) is 132 cm³/mol. The van der Waals surface area contributed by atoms with Crippen LogP contribution in [0.5, 0.6) is 5.75 Å². The fourth-order valence-corrected chi connectivity index (χ4v) is 8.43. The van der Waals surface area contributed by atoms with Crippen molar-refractivity contribution >= 4 is 32.9 Å². The zero-order valence-corrected chi connectivity index (χ0v) is 23.2. The molecule has 1 aromatic rings. The van der Waals surface area contributed by atoms with Crippen LogP contribution in [0.4, 0.5) is 0 Å². The summed E-state index contributed by atoms with van der Waals surface area (Å²) in [6.45, 7) is 11.9. The van der Waals surface area contributed by atoms with Crippen molar-refractivity contribution in [2.24, 2.45) is 0 Å². The largest absolute Gasteiger partial charge is 0.147 e. The zero-order chi connectivity index (χ0) is 19.7. The van der Waals surface area contributed by atoms with Crippen LogP contribution in [-0.2, 0) is 32.4 Å². The summed E-state index contributed by atoms with van der Waals surface area (Å²) in [5.41, 5.74) is 2.95. The minimum Gasteiger partial charge on any atom is -0.147 e. The van der Waals surface area contributed by atoms with Crippen LogP contribution >= 0.6 is 24.8 Å². The second-order valence-electron chi connectivity index (χ2n) is 8.85. The molecule has 1 aromatic carbocycles. The molecule has 164 valence electrons. The Hall–Kier alpha value is 0.0112. The van der Waals surface area contributed by atoms with Gasteiger partial charge in [-0.1, -0.05) is 0 Å². The van der Waals surface area contributed by atoms with E-state index in [-0.39, 0.29) is 24.8 Å². The molecular weight excluding hydrogens is 451 g/mol. The number of hydrogen-bond donors (Lipinski definition) is 0. The Balaban J connectivity index is 0.00000392. The Morgan fingerprint density at radius 1 is 0.862 bits per heavy atom. The summed E-state index contributed by atoms with van der Waals surface area (Å²) in [6.07, 6.45) is 16.0. The van der Waals surface area contributed by atoms with E-state index in [0.717, 1.165) is 12.2 Å². The Labute approximate surface area is 202 Å². The Kier molecular flexibility index (Phi) is 14.9. The van der Waals surface area contributed by atoms with E-state index in [9.17, 15) is 0 Å². The minimum atomic E-state index is -1.25. The molecule has 0 saturated carbocycles. The number of unbranched alkanes of at least 4 members (excludes halogenated alkanes) is 4. The summed E-state index contributed by atoms with van der Waals surface area (Å²) >= 11 is -0.524. The van der Waals surface area contributed by atoms with Gasteiger partial charge in [-0.3, -0.25) is 0 Å². The maximum atomic E-state index is 6.46. The van der Waals surface area contributed by atoms with Gasteiger partial charge in [-0.15, -0.1) is 24.8 Å². The second-order valence-corrected chi connectivity index (χ2v) is 15.5. The third-order valence-corrected chi connectivity index (χ3v) is 9.32. The van der Waals surface area contributed by atoms with Crippen LogP contribution in [-0.4, -0.2) is 8.07 Å². The monoisotopic (exact) mass is 490 g/mol. The van der Waals surface area contributed by atoms with Gasteiger partial charge in [-0.25, -0.2) is 0 Å². The molecule has 0 aromatic heterocycles. The van der Waals surface area contributed by atoms with Crippen molar-refractivity contribution in [1.82, 2.24) is 0 Å². The van der Waals surface area contributed by atoms with Crippen LogP contribution in [0.25, 0.3) is 0 Å². The average molecular weight is 491 g/mol. The molecule has 0 aliphatic heterocycles. The smallest absolute Gasteiger partial charge is 0.147 e. The number of allylic oxidation sites excluding steroid dienone is 4. The van der Waals surface area contributed by atoms with Crippen LogP contribution < -0.4 is 3.32 Å². The summed E-state index contributed by atoms with van der Waals surface area (Å²) in [6, 6.07) is 7.07. The molecule has 0 spiro atoms. The van der Waals surface area contributed by atoms with E-state index < -0.39 is 27.6 Å². The summed E-state index contributed by atoms with van der Waals surface area (Å²) in [5, 5.41) is 1.64. The van der Waals surface area contributed by atoms with Crippen molar-refractivity contribution in [1.29, 1.82) is 0 Å². The molecule has 5 heteroatoms. The Morgan fingerprint density at radius 3 is 1.90 bits per heavy atom. The maximum Gasteiger partial charge on any atom is -0.147 e. The first-order valence-electron chi connectivity index (χ1n) is 10.9. The molecule has 1 aliphatic carbocycles. The summed E-state index contributed by atoms with van der Waals surface area (Å²) in [5.74, 6) is 1.13. The molecule has 0 unspecified atom stereocenters. The molecule has 29 heavy (non-hydrogen) atoms. The summed E-state index contributed by atoms with van der Waals surface area (Å²) in [4.78, 5) is 0. The first-order valence-corrected chi connectivity index (χ1v) is 15.8. The van der Waals surface area contributed by atoms with Gasteiger partial charge in [0.15, 0.2) is 0 Å². The van der Waals surface area contributed by atoms with Crippen molar-refractivity contribution in [2.45, 2.75) is 91.3 Å². The second kappa shape index (κ2) is 14.9. The van der Waals surface area contributed by atoms with Crippen molar-refractivity contribution in [3.63, 3.8) is 0 Å². The number of aryl methyl sites for hydroxylation is 2. The van der Waals surface area contributed by atoms with Gasteiger partial charge in [0.25, 0.3) is 0 Å². The molecule has 0 saturated heterocycles. The molecule has 0 atom stereocenters. The Bertz CT molecular complexity index is 637. The van der Waals surface area contributed by atoms with Crippen molar-refractivity contribution < 1.29 is 22.9 Å². The molecule has 1 nitrogen and oxygen atoms in total. The van der Waals surface area contributed by atoms with E-state index in [2.05, 4.69) is 63.8 Å². The van der Waals surface area contributed by atoms with Crippen molar-refractivity contribution in [3.05, 3.63) is 50.6 Å². The van der Waals surface area contributed by atoms with Gasteiger partial charge in [0.1, 0.15) is 0 Å². The van der Waals surface area contributed by atoms with Crippen LogP contribution in [0, 0.1) is 0 Å². The minimum absolute atomic E-state index is 0. The van der Waals surface area contributed by atoms with E-state index in [1.165, 1.54) is 62.5 Å². The molecule has 0 N–H and O–H groups in total. The number of hydrogen-bond acceptors (Lipinski definition) is 1. The number of rotatable bonds is 12. The van der Waals surface area contributed by atoms with Crippen LogP contribution in [0.1, 0.15) is 69.9 Å². The molecular formula is C24H40Cl2OSiTi.